The molecular formula is C15H28N2O. The number of carbonyl (C=O) groups is 1. The van der Waals surface area contributed by atoms with Crippen LogP contribution in [0.5, 0.6) is 0 Å². The minimum absolute atomic E-state index is 0.0539. The number of likely N-dealkylation sites (N-methyl/N-ethyl adjacent to an activating group) is 1. The highest BCUT2D eigenvalue weighted by Crippen LogP contribution is 2.28. The maximum absolute atomic E-state index is 12.7. The van der Waals surface area contributed by atoms with Gasteiger partial charge in [0.15, 0.2) is 0 Å². The first-order valence-electron chi connectivity index (χ1n) is 7.73. The summed E-state index contributed by atoms with van der Waals surface area (Å²) in [6.07, 6.45) is 11.1. The van der Waals surface area contributed by atoms with Gasteiger partial charge in [0.05, 0.1) is 6.04 Å². The van der Waals surface area contributed by atoms with Gasteiger partial charge in [-0.25, -0.2) is 0 Å². The summed E-state index contributed by atoms with van der Waals surface area (Å²) in [4.78, 5) is 14.9. The molecule has 1 saturated heterocycles. The zero-order valence-electron chi connectivity index (χ0n) is 12.0. The number of carbonyl (C=O) groups excluding carboxylic acids is 1. The van der Waals surface area contributed by atoms with E-state index in [-0.39, 0.29) is 6.04 Å². The van der Waals surface area contributed by atoms with E-state index in [9.17, 15) is 4.79 Å². The van der Waals surface area contributed by atoms with Crippen LogP contribution in [-0.2, 0) is 4.79 Å². The van der Waals surface area contributed by atoms with Crippen molar-refractivity contribution in [3.05, 3.63) is 0 Å². The Kier molecular flexibility index (Phi) is 5.04. The average Bonchev–Trinajstić information content (AvgIpc) is 2.69. The Labute approximate surface area is 111 Å². The fourth-order valence-corrected chi connectivity index (χ4v) is 3.62. The van der Waals surface area contributed by atoms with Gasteiger partial charge < -0.3 is 10.2 Å². The third-order valence-corrected chi connectivity index (χ3v) is 4.71. The lowest BCUT2D eigenvalue weighted by Gasteiger charge is -2.36. The smallest absolute Gasteiger partial charge is 0.240 e. The molecule has 2 aliphatic rings. The molecule has 0 radical (unpaired) electrons. The SMILES string of the molecule is CNC1CCCC(C)N(C2CCCCCC2)C1=O. The van der Waals surface area contributed by atoms with E-state index in [1.165, 1.54) is 51.4 Å². The van der Waals surface area contributed by atoms with Crippen LogP contribution in [0.15, 0.2) is 0 Å². The molecule has 0 aromatic heterocycles. The molecule has 1 N–H and O–H groups in total. The molecule has 104 valence electrons. The van der Waals surface area contributed by atoms with Gasteiger partial charge in [-0.2, -0.15) is 0 Å². The Balaban J connectivity index is 2.11. The molecule has 1 heterocycles. The van der Waals surface area contributed by atoms with E-state index in [0.717, 1.165) is 6.42 Å². The lowest BCUT2D eigenvalue weighted by Crippen LogP contribution is -2.51. The number of nitrogens with zero attached hydrogens (tertiary/aromatic N) is 1. The Morgan fingerprint density at radius 1 is 1.00 bits per heavy atom. The first-order chi connectivity index (χ1) is 8.74. The molecular weight excluding hydrogens is 224 g/mol. The van der Waals surface area contributed by atoms with Gasteiger partial charge >= 0.3 is 0 Å². The maximum atomic E-state index is 12.7. The first kappa shape index (κ1) is 13.9. The number of amides is 1. The summed E-state index contributed by atoms with van der Waals surface area (Å²) >= 11 is 0. The monoisotopic (exact) mass is 252 g/mol. The van der Waals surface area contributed by atoms with Crippen molar-refractivity contribution < 1.29 is 4.79 Å². The normalized spacial score (nSPS) is 32.1. The highest BCUT2D eigenvalue weighted by Gasteiger charge is 2.34. The Morgan fingerprint density at radius 3 is 2.28 bits per heavy atom. The highest BCUT2D eigenvalue weighted by atomic mass is 16.2. The predicted molar refractivity (Wildman–Crippen MR) is 74.5 cm³/mol. The molecule has 3 nitrogen and oxygen atoms in total. The van der Waals surface area contributed by atoms with Gasteiger partial charge in [0.25, 0.3) is 0 Å². The molecule has 0 spiro atoms. The van der Waals surface area contributed by atoms with E-state index in [4.69, 9.17) is 0 Å². The van der Waals surface area contributed by atoms with Crippen LogP contribution in [0, 0.1) is 0 Å². The van der Waals surface area contributed by atoms with Crippen molar-refractivity contribution in [1.29, 1.82) is 0 Å². The molecule has 0 aromatic carbocycles. The third-order valence-electron chi connectivity index (χ3n) is 4.71. The molecule has 2 fully saturated rings. The van der Waals surface area contributed by atoms with Gasteiger partial charge in [0, 0.05) is 12.1 Å². The largest absolute Gasteiger partial charge is 0.336 e. The molecule has 1 aliphatic heterocycles. The van der Waals surface area contributed by atoms with Crippen molar-refractivity contribution >= 4 is 5.91 Å². The van der Waals surface area contributed by atoms with Crippen LogP contribution in [0.3, 0.4) is 0 Å². The van der Waals surface area contributed by atoms with E-state index in [1.54, 1.807) is 0 Å². The molecule has 2 atom stereocenters. The Bertz CT molecular complexity index is 272. The highest BCUT2D eigenvalue weighted by molar-refractivity contribution is 5.82. The number of nitrogens with one attached hydrogen (secondary N) is 1. The van der Waals surface area contributed by atoms with E-state index >= 15 is 0 Å². The minimum Gasteiger partial charge on any atom is -0.336 e. The predicted octanol–water partition coefficient (Wildman–Crippen LogP) is 2.70. The minimum atomic E-state index is 0.0539. The molecule has 2 unspecified atom stereocenters. The van der Waals surface area contributed by atoms with Gasteiger partial charge in [-0.05, 0) is 46.1 Å². The van der Waals surface area contributed by atoms with Crippen molar-refractivity contribution in [2.24, 2.45) is 0 Å². The maximum Gasteiger partial charge on any atom is 0.240 e. The quantitative estimate of drug-likeness (QED) is 0.766. The first-order valence-corrected chi connectivity index (χ1v) is 7.73. The molecule has 2 rings (SSSR count). The Hall–Kier alpha value is -0.570. The number of hydrogen-bond donors (Lipinski definition) is 1. The van der Waals surface area contributed by atoms with Crippen molar-refractivity contribution in [2.75, 3.05) is 7.05 Å². The zero-order valence-corrected chi connectivity index (χ0v) is 12.0. The summed E-state index contributed by atoms with van der Waals surface area (Å²) in [5.74, 6) is 0.356. The lowest BCUT2D eigenvalue weighted by atomic mass is 10.0. The molecule has 0 aromatic rings. The van der Waals surface area contributed by atoms with Crippen LogP contribution in [0.2, 0.25) is 0 Å². The van der Waals surface area contributed by atoms with E-state index in [0.29, 0.717) is 18.0 Å². The van der Waals surface area contributed by atoms with Crippen molar-refractivity contribution in [2.45, 2.75) is 82.8 Å². The molecule has 1 amide bonds. The van der Waals surface area contributed by atoms with Crippen LogP contribution >= 0.6 is 0 Å². The summed E-state index contributed by atoms with van der Waals surface area (Å²) in [5.41, 5.74) is 0. The van der Waals surface area contributed by atoms with Gasteiger partial charge in [-0.15, -0.1) is 0 Å². The van der Waals surface area contributed by atoms with Crippen LogP contribution in [0.25, 0.3) is 0 Å². The lowest BCUT2D eigenvalue weighted by molar-refractivity contribution is -0.137. The second-order valence-electron chi connectivity index (χ2n) is 6.01. The molecule has 1 aliphatic carbocycles. The topological polar surface area (TPSA) is 32.3 Å². The van der Waals surface area contributed by atoms with Crippen LogP contribution in [0.4, 0.5) is 0 Å². The second-order valence-corrected chi connectivity index (χ2v) is 6.01. The summed E-state index contributed by atoms with van der Waals surface area (Å²) in [5, 5.41) is 3.21. The van der Waals surface area contributed by atoms with Crippen molar-refractivity contribution in [1.82, 2.24) is 10.2 Å². The fourth-order valence-electron chi connectivity index (χ4n) is 3.62. The molecule has 0 bridgehead atoms. The summed E-state index contributed by atoms with van der Waals surface area (Å²) in [6.45, 7) is 2.24. The summed E-state index contributed by atoms with van der Waals surface area (Å²) in [6, 6.07) is 0.987. The number of likely N-dealkylation sites (tertiary alicyclic amines) is 1. The van der Waals surface area contributed by atoms with Gasteiger partial charge in [-0.3, -0.25) is 4.79 Å². The van der Waals surface area contributed by atoms with Crippen molar-refractivity contribution in [3.63, 3.8) is 0 Å². The Morgan fingerprint density at radius 2 is 1.67 bits per heavy atom. The molecule has 3 heteroatoms. The van der Waals surface area contributed by atoms with E-state index in [2.05, 4.69) is 17.1 Å². The number of hydrogen-bond acceptors (Lipinski definition) is 2. The number of rotatable bonds is 2. The summed E-state index contributed by atoms with van der Waals surface area (Å²) in [7, 11) is 1.92. The second kappa shape index (κ2) is 6.55. The van der Waals surface area contributed by atoms with Gasteiger partial charge in [0.1, 0.15) is 0 Å². The molecule has 1 saturated carbocycles. The van der Waals surface area contributed by atoms with Gasteiger partial charge in [0.2, 0.25) is 5.91 Å². The summed E-state index contributed by atoms with van der Waals surface area (Å²) < 4.78 is 0. The molecule has 18 heavy (non-hydrogen) atoms. The third kappa shape index (κ3) is 3.05. The fraction of sp³-hybridized carbons (Fsp3) is 0.933. The van der Waals surface area contributed by atoms with Gasteiger partial charge in [-0.1, -0.05) is 25.7 Å². The van der Waals surface area contributed by atoms with Crippen LogP contribution in [0.1, 0.15) is 64.7 Å². The van der Waals surface area contributed by atoms with Crippen molar-refractivity contribution in [3.8, 4) is 0 Å². The van der Waals surface area contributed by atoms with Crippen LogP contribution in [-0.4, -0.2) is 36.0 Å². The van der Waals surface area contributed by atoms with Crippen LogP contribution < -0.4 is 5.32 Å². The zero-order chi connectivity index (χ0) is 13.0. The van der Waals surface area contributed by atoms with E-state index in [1.807, 2.05) is 7.05 Å². The average molecular weight is 252 g/mol. The van der Waals surface area contributed by atoms with E-state index < -0.39 is 0 Å². The standard InChI is InChI=1S/C15H28N2O/c1-12-8-7-11-14(16-2)15(18)17(12)13-9-5-3-4-6-10-13/h12-14,16H,3-11H2,1-2H3.